The Hall–Kier alpha value is -0.620. The van der Waals surface area contributed by atoms with Crippen LogP contribution in [-0.4, -0.2) is 30.8 Å². The number of aliphatic carboxylic acids is 1. The fourth-order valence-corrected chi connectivity index (χ4v) is 2.31. The van der Waals surface area contributed by atoms with Gasteiger partial charge in [-0.25, -0.2) is 13.1 Å². The van der Waals surface area contributed by atoms with Gasteiger partial charge in [0, 0.05) is 6.04 Å². The molecular formula is C9H17NO4S. The average Bonchev–Trinajstić information content (AvgIpc) is 2.82. The van der Waals surface area contributed by atoms with E-state index in [4.69, 9.17) is 5.11 Å². The molecule has 0 spiro atoms. The maximum atomic E-state index is 11.6. The van der Waals surface area contributed by atoms with Gasteiger partial charge in [0.15, 0.2) is 0 Å². The van der Waals surface area contributed by atoms with E-state index in [1.165, 1.54) is 0 Å². The Morgan fingerprint density at radius 1 is 1.47 bits per heavy atom. The minimum absolute atomic E-state index is 0.128. The van der Waals surface area contributed by atoms with Gasteiger partial charge in [-0.2, -0.15) is 0 Å². The first-order chi connectivity index (χ1) is 6.83. The van der Waals surface area contributed by atoms with Gasteiger partial charge in [-0.15, -0.1) is 0 Å². The van der Waals surface area contributed by atoms with Crippen molar-refractivity contribution in [3.05, 3.63) is 0 Å². The molecule has 1 saturated carbocycles. The highest BCUT2D eigenvalue weighted by molar-refractivity contribution is 7.90. The van der Waals surface area contributed by atoms with Gasteiger partial charge >= 0.3 is 5.97 Å². The average molecular weight is 235 g/mol. The van der Waals surface area contributed by atoms with E-state index >= 15 is 0 Å². The molecule has 0 amide bonds. The summed E-state index contributed by atoms with van der Waals surface area (Å²) in [5, 5.41) is 8.14. The van der Waals surface area contributed by atoms with Gasteiger partial charge in [-0.3, -0.25) is 4.79 Å². The minimum atomic E-state index is -3.36. The quantitative estimate of drug-likeness (QED) is 0.705. The lowest BCUT2D eigenvalue weighted by atomic mass is 10.1. The molecule has 1 aliphatic rings. The number of carboxylic acid groups (broad SMARTS) is 1. The summed E-state index contributed by atoms with van der Waals surface area (Å²) in [7, 11) is -3.36. The van der Waals surface area contributed by atoms with Gasteiger partial charge < -0.3 is 5.11 Å². The highest BCUT2D eigenvalue weighted by atomic mass is 32.2. The van der Waals surface area contributed by atoms with Crippen LogP contribution in [0.5, 0.6) is 0 Å². The van der Waals surface area contributed by atoms with Gasteiger partial charge in [-0.05, 0) is 32.6 Å². The van der Waals surface area contributed by atoms with Crippen molar-refractivity contribution in [1.82, 2.24) is 4.72 Å². The normalized spacial score (nSPS) is 19.1. The summed E-state index contributed by atoms with van der Waals surface area (Å²) >= 11 is 0. The molecule has 1 fully saturated rings. The molecule has 0 aliphatic heterocycles. The molecule has 0 heterocycles. The molecule has 0 aromatic carbocycles. The van der Waals surface area contributed by atoms with Crippen molar-refractivity contribution in [2.45, 2.75) is 44.4 Å². The van der Waals surface area contributed by atoms with Crippen LogP contribution in [0.15, 0.2) is 0 Å². The third-order valence-corrected chi connectivity index (χ3v) is 4.39. The second-order valence-electron chi connectivity index (χ2n) is 4.25. The Morgan fingerprint density at radius 2 is 2.00 bits per heavy atom. The van der Waals surface area contributed by atoms with Crippen LogP contribution in [0.25, 0.3) is 0 Å². The predicted octanol–water partition coefficient (Wildman–Crippen LogP) is 0.567. The molecule has 15 heavy (non-hydrogen) atoms. The van der Waals surface area contributed by atoms with Crippen molar-refractivity contribution in [2.75, 3.05) is 0 Å². The molecule has 0 bridgehead atoms. The van der Waals surface area contributed by atoms with Gasteiger partial charge in [0.05, 0.1) is 11.7 Å². The number of hydrogen-bond donors (Lipinski definition) is 2. The maximum absolute atomic E-state index is 11.6. The first-order valence-electron chi connectivity index (χ1n) is 5.06. The summed E-state index contributed by atoms with van der Waals surface area (Å²) in [5.41, 5.74) is 0. The van der Waals surface area contributed by atoms with Crippen molar-refractivity contribution >= 4 is 16.0 Å². The number of carboxylic acids is 1. The van der Waals surface area contributed by atoms with Crippen molar-refractivity contribution in [3.63, 3.8) is 0 Å². The number of sulfonamides is 1. The van der Waals surface area contributed by atoms with E-state index in [1.807, 2.05) is 0 Å². The SMILES string of the molecule is CC(C)S(=O)(=O)NC(CC(=O)O)C1CC1. The molecule has 1 unspecified atom stereocenters. The fourth-order valence-electron chi connectivity index (χ4n) is 1.34. The largest absolute Gasteiger partial charge is 0.481 e. The van der Waals surface area contributed by atoms with E-state index in [2.05, 4.69) is 4.72 Å². The Bertz CT molecular complexity index is 332. The number of carbonyl (C=O) groups is 1. The molecule has 1 atom stereocenters. The van der Waals surface area contributed by atoms with Crippen molar-refractivity contribution in [1.29, 1.82) is 0 Å². The summed E-state index contributed by atoms with van der Waals surface area (Å²) in [6.45, 7) is 3.15. The zero-order valence-corrected chi connectivity index (χ0v) is 9.75. The second kappa shape index (κ2) is 4.49. The summed E-state index contributed by atoms with van der Waals surface area (Å²) in [5.74, 6) is -0.756. The summed E-state index contributed by atoms with van der Waals surface area (Å²) < 4.78 is 25.6. The van der Waals surface area contributed by atoms with E-state index in [1.54, 1.807) is 13.8 Å². The smallest absolute Gasteiger partial charge is 0.304 e. The molecule has 0 aromatic rings. The first kappa shape index (κ1) is 12.4. The maximum Gasteiger partial charge on any atom is 0.304 e. The van der Waals surface area contributed by atoms with Crippen LogP contribution in [-0.2, 0) is 14.8 Å². The molecular weight excluding hydrogens is 218 g/mol. The van der Waals surface area contributed by atoms with Gasteiger partial charge in [0.1, 0.15) is 0 Å². The Morgan fingerprint density at radius 3 is 2.33 bits per heavy atom. The molecule has 2 N–H and O–H groups in total. The zero-order chi connectivity index (χ0) is 11.6. The lowest BCUT2D eigenvalue weighted by Gasteiger charge is -2.18. The lowest BCUT2D eigenvalue weighted by molar-refractivity contribution is -0.137. The minimum Gasteiger partial charge on any atom is -0.481 e. The van der Waals surface area contributed by atoms with Crippen molar-refractivity contribution in [2.24, 2.45) is 5.92 Å². The van der Waals surface area contributed by atoms with E-state index < -0.39 is 27.3 Å². The zero-order valence-electron chi connectivity index (χ0n) is 8.93. The number of nitrogens with one attached hydrogen (secondary N) is 1. The van der Waals surface area contributed by atoms with Crippen LogP contribution < -0.4 is 4.72 Å². The molecule has 1 aliphatic carbocycles. The molecule has 88 valence electrons. The standard InChI is InChI=1S/C9H17NO4S/c1-6(2)15(13,14)10-8(5-9(11)12)7-3-4-7/h6-8,10H,3-5H2,1-2H3,(H,11,12). The van der Waals surface area contributed by atoms with Gasteiger partial charge in [0.2, 0.25) is 10.0 Å². The predicted molar refractivity (Wildman–Crippen MR) is 56.0 cm³/mol. The van der Waals surface area contributed by atoms with Gasteiger partial charge in [0.25, 0.3) is 0 Å². The van der Waals surface area contributed by atoms with Crippen LogP contribution in [0, 0.1) is 5.92 Å². The highest BCUT2D eigenvalue weighted by Gasteiger charge is 2.35. The molecule has 6 heteroatoms. The van der Waals surface area contributed by atoms with Crippen LogP contribution in [0.4, 0.5) is 0 Å². The third-order valence-electron chi connectivity index (χ3n) is 2.52. The monoisotopic (exact) mass is 235 g/mol. The van der Waals surface area contributed by atoms with Crippen LogP contribution in [0.2, 0.25) is 0 Å². The van der Waals surface area contributed by atoms with Crippen LogP contribution >= 0.6 is 0 Å². The van der Waals surface area contributed by atoms with E-state index in [-0.39, 0.29) is 12.3 Å². The Kier molecular flexibility index (Phi) is 3.72. The van der Waals surface area contributed by atoms with E-state index in [0.29, 0.717) is 0 Å². The molecule has 0 aromatic heterocycles. The fraction of sp³-hybridized carbons (Fsp3) is 0.889. The Balaban J connectivity index is 2.62. The topological polar surface area (TPSA) is 83.5 Å². The van der Waals surface area contributed by atoms with Crippen LogP contribution in [0.1, 0.15) is 33.1 Å². The molecule has 5 nitrogen and oxygen atoms in total. The lowest BCUT2D eigenvalue weighted by Crippen LogP contribution is -2.41. The molecule has 1 rings (SSSR count). The second-order valence-corrected chi connectivity index (χ2v) is 6.52. The molecule has 0 saturated heterocycles. The third kappa shape index (κ3) is 3.79. The summed E-state index contributed by atoms with van der Waals surface area (Å²) in [4.78, 5) is 10.6. The van der Waals surface area contributed by atoms with Crippen LogP contribution in [0.3, 0.4) is 0 Å². The Labute approximate surface area is 89.9 Å². The molecule has 0 radical (unpaired) electrons. The van der Waals surface area contributed by atoms with Crippen molar-refractivity contribution < 1.29 is 18.3 Å². The summed E-state index contributed by atoms with van der Waals surface area (Å²) in [6, 6.07) is -0.435. The first-order valence-corrected chi connectivity index (χ1v) is 6.60. The number of rotatable bonds is 6. The van der Waals surface area contributed by atoms with Crippen molar-refractivity contribution in [3.8, 4) is 0 Å². The summed E-state index contributed by atoms with van der Waals surface area (Å²) in [6.07, 6.45) is 1.70. The van der Waals surface area contributed by atoms with E-state index in [0.717, 1.165) is 12.8 Å². The number of hydrogen-bond acceptors (Lipinski definition) is 3. The highest BCUT2D eigenvalue weighted by Crippen LogP contribution is 2.34. The van der Waals surface area contributed by atoms with Gasteiger partial charge in [-0.1, -0.05) is 0 Å². The van der Waals surface area contributed by atoms with E-state index in [9.17, 15) is 13.2 Å².